The topological polar surface area (TPSA) is 98.2 Å². The Morgan fingerprint density at radius 1 is 1.20 bits per heavy atom. The smallest absolute Gasteiger partial charge is 0.433 e. The molecule has 0 aliphatic heterocycles. The number of hydrogen-bond donors (Lipinski definition) is 1. The summed E-state index contributed by atoms with van der Waals surface area (Å²) in [5, 5.41) is 1.63. The molecule has 0 saturated carbocycles. The van der Waals surface area contributed by atoms with Gasteiger partial charge in [0.25, 0.3) is 0 Å². The van der Waals surface area contributed by atoms with Crippen LogP contribution in [-0.4, -0.2) is 43.2 Å². The van der Waals surface area contributed by atoms with Crippen molar-refractivity contribution in [2.45, 2.75) is 44.1 Å². The Hall–Kier alpha value is -2.69. The van der Waals surface area contributed by atoms with Gasteiger partial charge in [-0.1, -0.05) is 6.92 Å². The molecule has 1 heterocycles. The molecule has 0 fully saturated rings. The molecular formula is C19H22F3N3O4S. The van der Waals surface area contributed by atoms with Gasteiger partial charge in [-0.3, -0.25) is 4.79 Å². The number of sulfone groups is 1. The lowest BCUT2D eigenvalue weighted by molar-refractivity contribution is -0.141. The van der Waals surface area contributed by atoms with Gasteiger partial charge in [0, 0.05) is 18.0 Å². The van der Waals surface area contributed by atoms with Gasteiger partial charge in [0.15, 0.2) is 0 Å². The maximum atomic E-state index is 13.3. The summed E-state index contributed by atoms with van der Waals surface area (Å²) >= 11 is 0. The van der Waals surface area contributed by atoms with E-state index < -0.39 is 44.9 Å². The minimum absolute atomic E-state index is 0.147. The van der Waals surface area contributed by atoms with Gasteiger partial charge in [-0.2, -0.15) is 13.2 Å². The lowest BCUT2D eigenvalue weighted by Crippen LogP contribution is -2.33. The number of halogens is 3. The van der Waals surface area contributed by atoms with Gasteiger partial charge in [-0.15, -0.1) is 0 Å². The Labute approximate surface area is 172 Å². The van der Waals surface area contributed by atoms with E-state index in [0.717, 1.165) is 0 Å². The lowest BCUT2D eigenvalue weighted by atomic mass is 10.1. The minimum Gasteiger partial charge on any atom is -0.497 e. The fraction of sp³-hybridized carbons (Fsp3) is 0.421. The summed E-state index contributed by atoms with van der Waals surface area (Å²) < 4.78 is 70.0. The molecule has 1 atom stereocenters. The van der Waals surface area contributed by atoms with E-state index in [4.69, 9.17) is 4.74 Å². The van der Waals surface area contributed by atoms with Gasteiger partial charge in [0.1, 0.15) is 11.4 Å². The van der Waals surface area contributed by atoms with E-state index in [1.54, 1.807) is 6.92 Å². The number of ether oxygens (including phenoxy) is 1. The molecule has 0 bridgehead atoms. The molecule has 0 unspecified atom stereocenters. The van der Waals surface area contributed by atoms with Gasteiger partial charge in [0.2, 0.25) is 20.9 Å². The van der Waals surface area contributed by atoms with E-state index in [0.29, 0.717) is 18.2 Å². The fourth-order valence-corrected chi connectivity index (χ4v) is 3.50. The normalized spacial score (nSPS) is 13.0. The Balaban J connectivity index is 2.39. The summed E-state index contributed by atoms with van der Waals surface area (Å²) in [6, 6.07) is 6.47. The number of carbonyl (C=O) groups excluding carboxylic acids is 1. The molecule has 2 rings (SSSR count). The van der Waals surface area contributed by atoms with Crippen molar-refractivity contribution < 1.29 is 31.1 Å². The number of rotatable bonds is 8. The molecule has 1 aromatic carbocycles. The summed E-state index contributed by atoms with van der Waals surface area (Å²) in [4.78, 5) is 18.9. The summed E-state index contributed by atoms with van der Waals surface area (Å²) in [5.41, 5.74) is -1.33. The first kappa shape index (κ1) is 23.6. The van der Waals surface area contributed by atoms with E-state index in [2.05, 4.69) is 15.3 Å². The molecular weight excluding hydrogens is 423 g/mol. The van der Waals surface area contributed by atoms with Gasteiger partial charge in [0.05, 0.1) is 18.6 Å². The molecule has 2 aromatic rings. The van der Waals surface area contributed by atoms with Crippen molar-refractivity contribution in [2.24, 2.45) is 0 Å². The molecule has 0 saturated heterocycles. The predicted octanol–water partition coefficient (Wildman–Crippen LogP) is 3.25. The van der Waals surface area contributed by atoms with Crippen LogP contribution >= 0.6 is 0 Å². The van der Waals surface area contributed by atoms with E-state index in [1.807, 2.05) is 6.92 Å². The molecule has 1 aromatic heterocycles. The number of alkyl halides is 3. The van der Waals surface area contributed by atoms with E-state index in [-0.39, 0.29) is 17.3 Å². The Morgan fingerprint density at radius 3 is 2.37 bits per heavy atom. The maximum absolute atomic E-state index is 13.3. The molecule has 0 aliphatic rings. The highest BCUT2D eigenvalue weighted by Gasteiger charge is 2.35. The zero-order chi connectivity index (χ0) is 22.5. The highest BCUT2D eigenvalue weighted by atomic mass is 32.2. The van der Waals surface area contributed by atoms with Crippen LogP contribution in [0.5, 0.6) is 5.75 Å². The van der Waals surface area contributed by atoms with E-state index in [1.165, 1.54) is 31.4 Å². The Bertz CT molecular complexity index is 993. The third-order valence-corrected chi connectivity index (χ3v) is 5.76. The summed E-state index contributed by atoms with van der Waals surface area (Å²) in [7, 11) is -2.90. The highest BCUT2D eigenvalue weighted by molar-refractivity contribution is 7.91. The fourth-order valence-electron chi connectivity index (χ4n) is 2.39. The average molecular weight is 445 g/mol. The number of amides is 1. The highest BCUT2D eigenvalue weighted by Crippen LogP contribution is 2.31. The van der Waals surface area contributed by atoms with Crippen LogP contribution < -0.4 is 10.1 Å². The van der Waals surface area contributed by atoms with Crippen LogP contribution in [-0.2, 0) is 20.8 Å². The van der Waals surface area contributed by atoms with Crippen LogP contribution in [0, 0.1) is 0 Å². The van der Waals surface area contributed by atoms with Crippen LogP contribution in [0.15, 0.2) is 35.5 Å². The zero-order valence-corrected chi connectivity index (χ0v) is 17.5. The number of benzene rings is 1. The van der Waals surface area contributed by atoms with E-state index >= 15 is 0 Å². The third kappa shape index (κ3) is 6.15. The van der Waals surface area contributed by atoms with Gasteiger partial charge < -0.3 is 10.1 Å². The van der Waals surface area contributed by atoms with Crippen molar-refractivity contribution in [1.29, 1.82) is 0 Å². The molecule has 0 aliphatic carbocycles. The molecule has 11 heteroatoms. The monoisotopic (exact) mass is 445 g/mol. The molecule has 164 valence electrons. The Morgan fingerprint density at radius 2 is 1.83 bits per heavy atom. The second-order valence-electron chi connectivity index (χ2n) is 6.59. The second-order valence-corrected chi connectivity index (χ2v) is 8.60. The first-order chi connectivity index (χ1) is 14.0. The number of carbonyl (C=O) groups is 1. The molecule has 1 amide bonds. The van der Waals surface area contributed by atoms with Crippen LogP contribution in [0.3, 0.4) is 0 Å². The summed E-state index contributed by atoms with van der Waals surface area (Å²) in [6.45, 7) is 3.60. The quantitative estimate of drug-likeness (QED) is 0.627. The summed E-state index contributed by atoms with van der Waals surface area (Å²) in [5.74, 6) is -0.752. The van der Waals surface area contributed by atoms with Gasteiger partial charge in [-0.05, 0) is 43.7 Å². The number of hydrogen-bond acceptors (Lipinski definition) is 6. The van der Waals surface area contributed by atoms with Crippen molar-refractivity contribution in [1.82, 2.24) is 15.3 Å². The average Bonchev–Trinajstić information content (AvgIpc) is 2.71. The van der Waals surface area contributed by atoms with Crippen LogP contribution in [0.1, 0.15) is 32.4 Å². The third-order valence-electron chi connectivity index (χ3n) is 4.28. The Kier molecular flexibility index (Phi) is 7.40. The number of nitrogens with one attached hydrogen (secondary N) is 1. The van der Waals surface area contributed by atoms with Crippen molar-refractivity contribution in [3.63, 3.8) is 0 Å². The summed E-state index contributed by atoms with van der Waals surface area (Å²) in [6.07, 6.45) is -4.63. The largest absolute Gasteiger partial charge is 0.497 e. The molecule has 7 nitrogen and oxygen atoms in total. The first-order valence-corrected chi connectivity index (χ1v) is 10.7. The SMILES string of the molecule is CC[C@@H](C)NC(=O)CCS(=O)(=O)c1nc(-c2ccc(OC)cc2)cc(C(F)(F)F)n1. The maximum Gasteiger partial charge on any atom is 0.433 e. The minimum atomic E-state index is -4.87. The van der Waals surface area contributed by atoms with Crippen LogP contribution in [0.2, 0.25) is 0 Å². The van der Waals surface area contributed by atoms with Crippen molar-refractivity contribution in [3.05, 3.63) is 36.0 Å². The number of aromatic nitrogens is 2. The molecule has 30 heavy (non-hydrogen) atoms. The first-order valence-electron chi connectivity index (χ1n) is 9.09. The van der Waals surface area contributed by atoms with Crippen LogP contribution in [0.4, 0.5) is 13.2 Å². The predicted molar refractivity (Wildman–Crippen MR) is 104 cm³/mol. The molecule has 0 radical (unpaired) electrons. The lowest BCUT2D eigenvalue weighted by Gasteiger charge is -2.13. The number of nitrogens with zero attached hydrogens (tertiary/aromatic N) is 2. The van der Waals surface area contributed by atoms with E-state index in [9.17, 15) is 26.4 Å². The number of methoxy groups -OCH3 is 1. The second kappa shape index (κ2) is 9.41. The standard InChI is InChI=1S/C19H22F3N3O4S/c1-4-12(2)23-17(26)9-10-30(27,28)18-24-15(11-16(25-18)19(20,21)22)13-5-7-14(29-3)8-6-13/h5-8,11-12H,4,9-10H2,1-3H3,(H,23,26)/t12-/m1/s1. The van der Waals surface area contributed by atoms with Crippen molar-refractivity contribution >= 4 is 15.7 Å². The van der Waals surface area contributed by atoms with Crippen LogP contribution in [0.25, 0.3) is 11.3 Å². The zero-order valence-electron chi connectivity index (χ0n) is 16.7. The molecule has 1 N–H and O–H groups in total. The van der Waals surface area contributed by atoms with Gasteiger partial charge in [-0.25, -0.2) is 18.4 Å². The van der Waals surface area contributed by atoms with Crippen molar-refractivity contribution in [3.8, 4) is 17.0 Å². The van der Waals surface area contributed by atoms with Gasteiger partial charge >= 0.3 is 6.18 Å². The molecule has 0 spiro atoms. The van der Waals surface area contributed by atoms with Crippen molar-refractivity contribution in [2.75, 3.05) is 12.9 Å².